The van der Waals surface area contributed by atoms with E-state index in [4.69, 9.17) is 18.5 Å². The maximum Gasteiger partial charge on any atom is 0.472 e. The van der Waals surface area contributed by atoms with Crippen LogP contribution in [0.25, 0.3) is 0 Å². The zero-order valence-electron chi connectivity index (χ0n) is 41.4. The number of ether oxygens (including phenoxy) is 2. The summed E-state index contributed by atoms with van der Waals surface area (Å²) in [5, 5.41) is 50.3. The summed E-state index contributed by atoms with van der Waals surface area (Å²) in [4.78, 5) is 35.8. The molecule has 0 radical (unpaired) electrons. The zero-order valence-corrected chi connectivity index (χ0v) is 42.3. The Hall–Kier alpha value is -2.45. The van der Waals surface area contributed by atoms with Crippen molar-refractivity contribution >= 4 is 19.8 Å². The molecule has 0 aromatic carbocycles. The van der Waals surface area contributed by atoms with Crippen molar-refractivity contribution in [2.45, 2.75) is 249 Å². The molecule has 6 atom stereocenters. The van der Waals surface area contributed by atoms with E-state index in [1.54, 1.807) is 0 Å². The van der Waals surface area contributed by atoms with E-state index in [0.29, 0.717) is 12.8 Å². The van der Waals surface area contributed by atoms with Gasteiger partial charge in [-0.15, -0.1) is 0 Å². The number of carbonyl (C=O) groups excluding carboxylic acids is 2. The lowest BCUT2D eigenvalue weighted by Gasteiger charge is -2.41. The van der Waals surface area contributed by atoms with E-state index in [1.807, 2.05) is 0 Å². The molecular formula is C53H93O13P. The molecule has 388 valence electrons. The van der Waals surface area contributed by atoms with Gasteiger partial charge in [-0.25, -0.2) is 4.57 Å². The zero-order chi connectivity index (χ0) is 49.2. The topological polar surface area (TPSA) is 210 Å². The Kier molecular flexibility index (Phi) is 39.6. The smallest absolute Gasteiger partial charge is 0.462 e. The Morgan fingerprint density at radius 1 is 0.478 bits per heavy atom. The van der Waals surface area contributed by atoms with Crippen LogP contribution in [-0.4, -0.2) is 98.3 Å². The third-order valence-electron chi connectivity index (χ3n) is 11.8. The van der Waals surface area contributed by atoms with Crippen molar-refractivity contribution in [3.8, 4) is 0 Å². The van der Waals surface area contributed by atoms with Gasteiger partial charge < -0.3 is 39.9 Å². The number of carbonyl (C=O) groups is 2. The van der Waals surface area contributed by atoms with Crippen LogP contribution in [0.2, 0.25) is 0 Å². The van der Waals surface area contributed by atoms with Crippen molar-refractivity contribution in [3.63, 3.8) is 0 Å². The molecule has 0 aromatic rings. The van der Waals surface area contributed by atoms with Gasteiger partial charge in [-0.2, -0.15) is 0 Å². The van der Waals surface area contributed by atoms with Crippen molar-refractivity contribution < 1.29 is 63.1 Å². The summed E-state index contributed by atoms with van der Waals surface area (Å²) in [6.07, 6.45) is 39.8. The van der Waals surface area contributed by atoms with Gasteiger partial charge in [-0.3, -0.25) is 18.6 Å². The number of aliphatic hydroxyl groups is 5. The highest BCUT2D eigenvalue weighted by atomic mass is 31.2. The standard InChI is InChI=1S/C53H93O13P/c1-3-5-7-9-11-13-15-17-19-20-21-22-23-24-25-26-28-29-31-33-35-37-39-41-46(54)63-43-45(44-64-67(61,62)66-53-51(59)49(57)48(56)50(58)52(53)60)65-47(55)42-40-38-36-34-32-30-27-18-16-14-12-10-8-6-4-2/h6,8,12,14-15,17-18,20-21,27,45,48-53,56-60H,3-5,7,9-11,13,16,19,22-26,28-44H2,1-2H3,(H,61,62)/b8-6-,14-12-,17-15-,21-20-,27-18-. The minimum Gasteiger partial charge on any atom is -0.462 e. The lowest BCUT2D eigenvalue weighted by Crippen LogP contribution is -2.64. The lowest BCUT2D eigenvalue weighted by atomic mass is 9.85. The quantitative estimate of drug-likeness (QED) is 0.0146. The number of esters is 2. The average Bonchev–Trinajstić information content (AvgIpc) is 3.31. The highest BCUT2D eigenvalue weighted by molar-refractivity contribution is 7.47. The highest BCUT2D eigenvalue weighted by Crippen LogP contribution is 2.47. The van der Waals surface area contributed by atoms with Gasteiger partial charge in [0, 0.05) is 12.8 Å². The fourth-order valence-corrected chi connectivity index (χ4v) is 8.66. The van der Waals surface area contributed by atoms with E-state index in [1.165, 1.54) is 83.5 Å². The van der Waals surface area contributed by atoms with Crippen molar-refractivity contribution in [1.82, 2.24) is 0 Å². The largest absolute Gasteiger partial charge is 0.472 e. The first-order valence-electron chi connectivity index (χ1n) is 26.1. The molecule has 0 saturated heterocycles. The molecular weight excluding hydrogens is 876 g/mol. The molecule has 1 saturated carbocycles. The van der Waals surface area contributed by atoms with E-state index >= 15 is 0 Å². The second kappa shape index (κ2) is 42.4. The average molecular weight is 969 g/mol. The minimum atomic E-state index is -5.13. The van der Waals surface area contributed by atoms with Crippen LogP contribution in [0, 0.1) is 0 Å². The molecule has 0 amide bonds. The van der Waals surface area contributed by atoms with Gasteiger partial charge in [0.1, 0.15) is 43.2 Å². The van der Waals surface area contributed by atoms with Crippen LogP contribution in [0.1, 0.15) is 206 Å². The molecule has 6 unspecified atom stereocenters. The monoisotopic (exact) mass is 969 g/mol. The molecule has 1 fully saturated rings. The summed E-state index contributed by atoms with van der Waals surface area (Å²) >= 11 is 0. The number of aliphatic hydroxyl groups excluding tert-OH is 5. The summed E-state index contributed by atoms with van der Waals surface area (Å²) in [6, 6.07) is 0. The van der Waals surface area contributed by atoms with Gasteiger partial charge in [0.05, 0.1) is 6.61 Å². The number of phosphoric acid groups is 1. The molecule has 1 aliphatic rings. The second-order valence-electron chi connectivity index (χ2n) is 18.0. The Morgan fingerprint density at radius 2 is 0.851 bits per heavy atom. The molecule has 0 aromatic heterocycles. The molecule has 1 rings (SSSR count). The first kappa shape index (κ1) is 62.6. The highest BCUT2D eigenvalue weighted by Gasteiger charge is 2.51. The van der Waals surface area contributed by atoms with Gasteiger partial charge in [-0.1, -0.05) is 177 Å². The van der Waals surface area contributed by atoms with Gasteiger partial charge >= 0.3 is 19.8 Å². The summed E-state index contributed by atoms with van der Waals surface area (Å²) in [5.74, 6) is -1.12. The molecule has 67 heavy (non-hydrogen) atoms. The number of allylic oxidation sites excluding steroid dienone is 10. The van der Waals surface area contributed by atoms with E-state index in [2.05, 4.69) is 74.6 Å². The van der Waals surface area contributed by atoms with E-state index in [9.17, 15) is 44.6 Å². The van der Waals surface area contributed by atoms with Crippen molar-refractivity contribution in [1.29, 1.82) is 0 Å². The Balaban J connectivity index is 2.37. The maximum atomic E-state index is 12.8. The van der Waals surface area contributed by atoms with Gasteiger partial charge in [0.15, 0.2) is 6.10 Å². The molecule has 13 nitrogen and oxygen atoms in total. The van der Waals surface area contributed by atoms with Crippen LogP contribution in [0.4, 0.5) is 0 Å². The molecule has 0 spiro atoms. The van der Waals surface area contributed by atoms with Crippen LogP contribution < -0.4 is 0 Å². The molecule has 6 N–H and O–H groups in total. The molecule has 0 aliphatic heterocycles. The van der Waals surface area contributed by atoms with Gasteiger partial charge in [0.25, 0.3) is 0 Å². The second-order valence-corrected chi connectivity index (χ2v) is 19.4. The first-order valence-corrected chi connectivity index (χ1v) is 27.6. The Morgan fingerprint density at radius 3 is 1.30 bits per heavy atom. The van der Waals surface area contributed by atoms with E-state index < -0.39 is 75.7 Å². The van der Waals surface area contributed by atoms with E-state index in [-0.39, 0.29) is 12.8 Å². The summed E-state index contributed by atoms with van der Waals surface area (Å²) in [5.41, 5.74) is 0. The summed E-state index contributed by atoms with van der Waals surface area (Å²) in [6.45, 7) is 3.18. The Labute approximate surface area is 404 Å². The molecule has 0 heterocycles. The Bertz CT molecular complexity index is 1400. The van der Waals surface area contributed by atoms with E-state index in [0.717, 1.165) is 83.5 Å². The molecule has 14 heteroatoms. The third kappa shape index (κ3) is 34.5. The minimum absolute atomic E-state index is 0.0750. The van der Waals surface area contributed by atoms with Crippen LogP contribution in [0.3, 0.4) is 0 Å². The number of hydrogen-bond acceptors (Lipinski definition) is 12. The number of phosphoric ester groups is 1. The maximum absolute atomic E-state index is 12.8. The van der Waals surface area contributed by atoms with Crippen LogP contribution >= 0.6 is 7.82 Å². The van der Waals surface area contributed by atoms with Gasteiger partial charge in [-0.05, 0) is 77.0 Å². The van der Waals surface area contributed by atoms with Crippen molar-refractivity contribution in [3.05, 3.63) is 60.8 Å². The fraction of sp³-hybridized carbons (Fsp3) is 0.774. The van der Waals surface area contributed by atoms with Crippen LogP contribution in [-0.2, 0) is 32.7 Å². The first-order chi connectivity index (χ1) is 32.4. The van der Waals surface area contributed by atoms with Crippen molar-refractivity contribution in [2.75, 3.05) is 13.2 Å². The van der Waals surface area contributed by atoms with Gasteiger partial charge in [0.2, 0.25) is 0 Å². The predicted molar refractivity (Wildman–Crippen MR) is 267 cm³/mol. The SMILES string of the molecule is CC/C=C\C/C=C\C/C=C\CCCCCCCC(=O)OC(COC(=O)CCCCCCCCCCCCC/C=C\C/C=C\CCCCCCC)COP(=O)(O)OC1C(O)C(O)C(O)C(O)C1O. The van der Waals surface area contributed by atoms with Crippen LogP contribution in [0.5, 0.6) is 0 Å². The fourth-order valence-electron chi connectivity index (χ4n) is 7.69. The molecule has 1 aliphatic carbocycles. The summed E-state index contributed by atoms with van der Waals surface area (Å²) in [7, 11) is -5.13. The number of rotatable bonds is 43. The number of hydrogen-bond donors (Lipinski definition) is 6. The predicted octanol–water partition coefficient (Wildman–Crippen LogP) is 11.3. The third-order valence-corrected chi connectivity index (χ3v) is 12.8. The van der Waals surface area contributed by atoms with Crippen molar-refractivity contribution in [2.24, 2.45) is 0 Å². The molecule has 0 bridgehead atoms. The normalized spacial score (nSPS) is 21.6. The van der Waals surface area contributed by atoms with Crippen LogP contribution in [0.15, 0.2) is 60.8 Å². The number of unbranched alkanes of at least 4 members (excludes halogenated alkanes) is 21. The summed E-state index contributed by atoms with van der Waals surface area (Å²) < 4.78 is 33.6. The lowest BCUT2D eigenvalue weighted by molar-refractivity contribution is -0.220.